The van der Waals surface area contributed by atoms with E-state index in [2.05, 4.69) is 21.3 Å². The molecule has 1 aromatic carbocycles. The van der Waals surface area contributed by atoms with Crippen molar-refractivity contribution in [2.45, 2.75) is 13.0 Å². The zero-order valence-electron chi connectivity index (χ0n) is 16.2. The molecule has 1 N–H and O–H groups in total. The summed E-state index contributed by atoms with van der Waals surface area (Å²) in [5.74, 6) is 0.547. The number of hydrogen-bond donors (Lipinski definition) is 1. The van der Waals surface area contributed by atoms with Crippen LogP contribution in [-0.2, 0) is 17.7 Å². The van der Waals surface area contributed by atoms with Crippen LogP contribution in [0.1, 0.15) is 21.5 Å². The largest absolute Gasteiger partial charge is 0.378 e. The molecule has 0 unspecified atom stereocenters. The highest BCUT2D eigenvalue weighted by Gasteiger charge is 2.20. The van der Waals surface area contributed by atoms with Crippen LogP contribution in [0.25, 0.3) is 0 Å². The molecular formula is C21H24Cl2N4O2. The van der Waals surface area contributed by atoms with Gasteiger partial charge in [0, 0.05) is 50.5 Å². The second-order valence-electron chi connectivity index (χ2n) is 7.29. The van der Waals surface area contributed by atoms with E-state index in [9.17, 15) is 4.79 Å². The van der Waals surface area contributed by atoms with Gasteiger partial charge in [-0.1, -0.05) is 35.3 Å². The average Bonchev–Trinajstić information content (AvgIpc) is 2.75. The first-order chi connectivity index (χ1) is 14.1. The monoisotopic (exact) mass is 434 g/mol. The summed E-state index contributed by atoms with van der Waals surface area (Å²) < 4.78 is 5.29. The Morgan fingerprint density at radius 3 is 2.79 bits per heavy atom. The van der Waals surface area contributed by atoms with E-state index in [0.29, 0.717) is 42.7 Å². The number of anilines is 1. The Kier molecular flexibility index (Phi) is 6.55. The SMILES string of the molecule is O=C(c1cnc(NCCN2CCc3c(Cl)cccc3C2)c(Cl)c1)N1CCOCC1. The van der Waals surface area contributed by atoms with Crippen molar-refractivity contribution >= 4 is 34.9 Å². The maximum atomic E-state index is 12.5. The number of nitrogens with one attached hydrogen (secondary N) is 1. The number of nitrogens with zero attached hydrogens (tertiary/aromatic N) is 3. The second-order valence-corrected chi connectivity index (χ2v) is 8.10. The third-order valence-corrected chi connectivity index (χ3v) is 6.04. The highest BCUT2D eigenvalue weighted by Crippen LogP contribution is 2.26. The lowest BCUT2D eigenvalue weighted by atomic mass is 10.00. The van der Waals surface area contributed by atoms with Crippen molar-refractivity contribution in [3.63, 3.8) is 0 Å². The van der Waals surface area contributed by atoms with E-state index in [4.69, 9.17) is 27.9 Å². The number of fused-ring (bicyclic) bond motifs is 1. The molecule has 4 rings (SSSR count). The fourth-order valence-corrected chi connectivity index (χ4v) is 4.30. The summed E-state index contributed by atoms with van der Waals surface area (Å²) in [6, 6.07) is 7.79. The van der Waals surface area contributed by atoms with Crippen LogP contribution in [0, 0.1) is 0 Å². The molecule has 0 aliphatic carbocycles. The molecule has 0 saturated carbocycles. The van der Waals surface area contributed by atoms with Crippen molar-refractivity contribution in [3.8, 4) is 0 Å². The zero-order valence-corrected chi connectivity index (χ0v) is 17.7. The first-order valence-electron chi connectivity index (χ1n) is 9.87. The number of morpholine rings is 1. The number of ether oxygens (including phenoxy) is 1. The Bertz CT molecular complexity index is 887. The molecule has 2 aliphatic rings. The molecular weight excluding hydrogens is 411 g/mol. The number of halogens is 2. The maximum Gasteiger partial charge on any atom is 0.255 e. The predicted molar refractivity (Wildman–Crippen MR) is 115 cm³/mol. The summed E-state index contributed by atoms with van der Waals surface area (Å²) in [6.07, 6.45) is 2.55. The highest BCUT2D eigenvalue weighted by molar-refractivity contribution is 6.33. The predicted octanol–water partition coefficient (Wildman–Crippen LogP) is 3.33. The first-order valence-corrected chi connectivity index (χ1v) is 10.6. The molecule has 8 heteroatoms. The van der Waals surface area contributed by atoms with Crippen molar-refractivity contribution in [2.75, 3.05) is 51.3 Å². The number of carbonyl (C=O) groups excluding carboxylic acids is 1. The van der Waals surface area contributed by atoms with Crippen LogP contribution in [-0.4, -0.2) is 66.6 Å². The van der Waals surface area contributed by atoms with Crippen LogP contribution in [0.5, 0.6) is 0 Å². The van der Waals surface area contributed by atoms with Gasteiger partial charge in [-0.25, -0.2) is 4.98 Å². The minimum Gasteiger partial charge on any atom is -0.378 e. The quantitative estimate of drug-likeness (QED) is 0.781. The van der Waals surface area contributed by atoms with E-state index < -0.39 is 0 Å². The summed E-state index contributed by atoms with van der Waals surface area (Å²) in [7, 11) is 0. The molecule has 3 heterocycles. The van der Waals surface area contributed by atoms with Gasteiger partial charge in [-0.2, -0.15) is 0 Å². The lowest BCUT2D eigenvalue weighted by molar-refractivity contribution is 0.0302. The number of hydrogen-bond acceptors (Lipinski definition) is 5. The number of rotatable bonds is 5. The molecule has 2 aliphatic heterocycles. The topological polar surface area (TPSA) is 57.7 Å². The summed E-state index contributed by atoms with van der Waals surface area (Å²) in [5, 5.41) is 4.61. The molecule has 0 spiro atoms. The number of benzene rings is 1. The molecule has 154 valence electrons. The minimum atomic E-state index is -0.0557. The number of pyridine rings is 1. The van der Waals surface area contributed by atoms with Crippen LogP contribution >= 0.6 is 23.2 Å². The van der Waals surface area contributed by atoms with Crippen LogP contribution in [0.3, 0.4) is 0 Å². The minimum absolute atomic E-state index is 0.0557. The van der Waals surface area contributed by atoms with Gasteiger partial charge in [0.15, 0.2) is 0 Å². The normalized spacial score (nSPS) is 17.1. The van der Waals surface area contributed by atoms with E-state index in [1.54, 1.807) is 17.2 Å². The van der Waals surface area contributed by atoms with Gasteiger partial charge >= 0.3 is 0 Å². The summed E-state index contributed by atoms with van der Waals surface area (Å²) >= 11 is 12.7. The Hall–Kier alpha value is -1.86. The lowest BCUT2D eigenvalue weighted by Crippen LogP contribution is -2.40. The molecule has 0 bridgehead atoms. The van der Waals surface area contributed by atoms with Crippen molar-refractivity contribution in [3.05, 3.63) is 57.2 Å². The average molecular weight is 435 g/mol. The molecule has 6 nitrogen and oxygen atoms in total. The third kappa shape index (κ3) is 4.83. The van der Waals surface area contributed by atoms with Crippen molar-refractivity contribution in [1.82, 2.24) is 14.8 Å². The van der Waals surface area contributed by atoms with E-state index in [1.807, 2.05) is 12.1 Å². The van der Waals surface area contributed by atoms with Crippen LogP contribution in [0.4, 0.5) is 5.82 Å². The van der Waals surface area contributed by atoms with Gasteiger partial charge < -0.3 is 15.0 Å². The smallest absolute Gasteiger partial charge is 0.255 e. The number of carbonyl (C=O) groups is 1. The maximum absolute atomic E-state index is 12.5. The van der Waals surface area contributed by atoms with Crippen molar-refractivity contribution in [2.24, 2.45) is 0 Å². The fraction of sp³-hybridized carbons (Fsp3) is 0.429. The van der Waals surface area contributed by atoms with Crippen LogP contribution in [0.15, 0.2) is 30.5 Å². The van der Waals surface area contributed by atoms with Gasteiger partial charge in [0.25, 0.3) is 5.91 Å². The van der Waals surface area contributed by atoms with Gasteiger partial charge in [0.1, 0.15) is 5.82 Å². The first kappa shape index (κ1) is 20.4. The highest BCUT2D eigenvalue weighted by atomic mass is 35.5. The standard InChI is InChI=1S/C21H24Cl2N4O2/c22-18-3-1-2-15-14-26(6-4-17(15)18)7-5-24-20-19(23)12-16(13-25-20)21(28)27-8-10-29-11-9-27/h1-3,12-13H,4-11,14H2,(H,24,25). The van der Waals surface area contributed by atoms with Gasteiger partial charge in [0.05, 0.1) is 23.8 Å². The third-order valence-electron chi connectivity index (χ3n) is 5.39. The molecule has 1 amide bonds. The van der Waals surface area contributed by atoms with Gasteiger partial charge in [-0.15, -0.1) is 0 Å². The summed E-state index contributed by atoms with van der Waals surface area (Å²) in [6.45, 7) is 5.80. The van der Waals surface area contributed by atoms with E-state index in [0.717, 1.165) is 37.6 Å². The Labute approximate surface area is 180 Å². The molecule has 1 saturated heterocycles. The molecule has 0 radical (unpaired) electrons. The molecule has 1 aromatic heterocycles. The lowest BCUT2D eigenvalue weighted by Gasteiger charge is -2.29. The molecule has 0 atom stereocenters. The zero-order chi connectivity index (χ0) is 20.2. The van der Waals surface area contributed by atoms with Gasteiger partial charge in [0.2, 0.25) is 0 Å². The van der Waals surface area contributed by atoms with Crippen LogP contribution in [0.2, 0.25) is 10.0 Å². The van der Waals surface area contributed by atoms with Crippen molar-refractivity contribution < 1.29 is 9.53 Å². The number of aromatic nitrogens is 1. The van der Waals surface area contributed by atoms with E-state index in [-0.39, 0.29) is 5.91 Å². The van der Waals surface area contributed by atoms with Crippen LogP contribution < -0.4 is 5.32 Å². The van der Waals surface area contributed by atoms with E-state index in [1.165, 1.54) is 11.1 Å². The number of amides is 1. The Balaban J connectivity index is 1.30. The van der Waals surface area contributed by atoms with Gasteiger partial charge in [-0.3, -0.25) is 9.69 Å². The summed E-state index contributed by atoms with van der Waals surface area (Å²) in [4.78, 5) is 21.1. The molecule has 29 heavy (non-hydrogen) atoms. The second kappa shape index (κ2) is 9.30. The summed E-state index contributed by atoms with van der Waals surface area (Å²) in [5.41, 5.74) is 3.07. The van der Waals surface area contributed by atoms with E-state index >= 15 is 0 Å². The molecule has 1 fully saturated rings. The fourth-order valence-electron chi connectivity index (χ4n) is 3.78. The van der Waals surface area contributed by atoms with Gasteiger partial charge in [-0.05, 0) is 29.7 Å². The Morgan fingerprint density at radius 1 is 1.17 bits per heavy atom. The van der Waals surface area contributed by atoms with Crippen molar-refractivity contribution in [1.29, 1.82) is 0 Å². The molecule has 2 aromatic rings. The Morgan fingerprint density at radius 2 is 2.00 bits per heavy atom.